The SMILES string of the molecule is CNC(=O)c1c(-c2ccc(F)cc2)oc2cc(CC(=O)OC)c(-c3cccc(C(=O)NC45CC4C[C@H]5C)c3)cc12. The van der Waals surface area contributed by atoms with E-state index in [0.29, 0.717) is 56.2 Å². The van der Waals surface area contributed by atoms with E-state index in [1.54, 1.807) is 36.4 Å². The topological polar surface area (TPSA) is 97.6 Å². The summed E-state index contributed by atoms with van der Waals surface area (Å²) >= 11 is 0. The second-order valence-electron chi connectivity index (χ2n) is 10.8. The molecule has 2 amide bonds. The van der Waals surface area contributed by atoms with Crippen LogP contribution in [0, 0.1) is 17.7 Å². The first-order valence-corrected chi connectivity index (χ1v) is 13.3. The molecule has 204 valence electrons. The predicted octanol–water partition coefficient (Wildman–Crippen LogP) is 5.51. The van der Waals surface area contributed by atoms with Crippen LogP contribution in [0.15, 0.2) is 65.1 Å². The minimum Gasteiger partial charge on any atom is -0.469 e. The van der Waals surface area contributed by atoms with E-state index in [-0.39, 0.29) is 29.5 Å². The van der Waals surface area contributed by atoms with Crippen molar-refractivity contribution >= 4 is 28.8 Å². The van der Waals surface area contributed by atoms with E-state index in [4.69, 9.17) is 9.15 Å². The van der Waals surface area contributed by atoms with Crippen LogP contribution in [0.25, 0.3) is 33.4 Å². The summed E-state index contributed by atoms with van der Waals surface area (Å²) in [7, 11) is 2.85. The van der Waals surface area contributed by atoms with E-state index >= 15 is 0 Å². The van der Waals surface area contributed by atoms with Crippen LogP contribution in [0.5, 0.6) is 0 Å². The number of methoxy groups -OCH3 is 1. The van der Waals surface area contributed by atoms with Crippen LogP contribution in [-0.2, 0) is 16.0 Å². The lowest BCUT2D eigenvalue weighted by Crippen LogP contribution is -2.48. The second kappa shape index (κ2) is 9.62. The van der Waals surface area contributed by atoms with Gasteiger partial charge in [-0.25, -0.2) is 4.39 Å². The number of carbonyl (C=O) groups excluding carboxylic acids is 3. The molecule has 0 aliphatic heterocycles. The molecule has 0 spiro atoms. The number of nitrogens with one attached hydrogen (secondary N) is 2. The molecular weight excluding hydrogens is 511 g/mol. The highest BCUT2D eigenvalue weighted by atomic mass is 19.1. The Kier molecular flexibility index (Phi) is 6.21. The number of furan rings is 1. The zero-order valence-corrected chi connectivity index (χ0v) is 22.5. The molecule has 2 saturated carbocycles. The lowest BCUT2D eigenvalue weighted by atomic mass is 9.80. The van der Waals surface area contributed by atoms with Gasteiger partial charge >= 0.3 is 5.97 Å². The zero-order chi connectivity index (χ0) is 28.2. The number of fused-ring (bicyclic) bond motifs is 2. The highest BCUT2D eigenvalue weighted by Crippen LogP contribution is 2.63. The molecule has 2 unspecified atom stereocenters. The van der Waals surface area contributed by atoms with Gasteiger partial charge in [-0.2, -0.15) is 0 Å². The van der Waals surface area contributed by atoms with Gasteiger partial charge < -0.3 is 19.8 Å². The lowest BCUT2D eigenvalue weighted by molar-refractivity contribution is -0.139. The maximum Gasteiger partial charge on any atom is 0.310 e. The van der Waals surface area contributed by atoms with Gasteiger partial charge in [-0.3, -0.25) is 14.4 Å². The summed E-state index contributed by atoms with van der Waals surface area (Å²) in [5.41, 5.74) is 3.68. The molecule has 0 bridgehead atoms. The van der Waals surface area contributed by atoms with E-state index in [1.165, 1.54) is 26.3 Å². The van der Waals surface area contributed by atoms with Crippen LogP contribution in [0.1, 0.15) is 46.0 Å². The standard InChI is InChI=1S/C32H29FN2O5/c1-17-11-22-16-32(17,22)35-30(37)20-6-4-5-19(12-20)24-15-25-26(13-21(24)14-27(36)39-3)40-29(28(25)31(38)34-2)18-7-9-23(33)10-8-18/h4-10,12-13,15,17,22H,11,14,16H2,1-3H3,(H,34,38)(H,35,37)/t17-,22?,32?/m1/s1. The van der Waals surface area contributed by atoms with Gasteiger partial charge in [0, 0.05) is 29.1 Å². The van der Waals surface area contributed by atoms with Crippen LogP contribution in [0.4, 0.5) is 4.39 Å². The fraction of sp³-hybridized carbons (Fsp3) is 0.281. The number of hydrogen-bond acceptors (Lipinski definition) is 5. The first-order chi connectivity index (χ1) is 19.2. The average molecular weight is 541 g/mol. The van der Waals surface area contributed by atoms with Crippen LogP contribution in [0.2, 0.25) is 0 Å². The summed E-state index contributed by atoms with van der Waals surface area (Å²) in [4.78, 5) is 38.7. The number of ether oxygens (including phenoxy) is 1. The maximum atomic E-state index is 13.6. The fourth-order valence-corrected chi connectivity index (χ4v) is 6.09. The van der Waals surface area contributed by atoms with Crippen molar-refractivity contribution in [2.75, 3.05) is 14.2 Å². The smallest absolute Gasteiger partial charge is 0.310 e. The normalized spacial score (nSPS) is 20.8. The lowest BCUT2D eigenvalue weighted by Gasteiger charge is -2.34. The average Bonchev–Trinajstić information content (AvgIpc) is 3.37. The third-order valence-electron chi connectivity index (χ3n) is 8.49. The van der Waals surface area contributed by atoms with Crippen molar-refractivity contribution in [2.24, 2.45) is 11.8 Å². The Hall–Kier alpha value is -4.46. The minimum absolute atomic E-state index is 0.0393. The van der Waals surface area contributed by atoms with Crippen LogP contribution in [0.3, 0.4) is 0 Å². The highest BCUT2D eigenvalue weighted by molar-refractivity contribution is 6.12. The molecule has 1 heterocycles. The quantitative estimate of drug-likeness (QED) is 0.301. The molecule has 8 heteroatoms. The molecular formula is C32H29FN2O5. The number of halogens is 1. The molecule has 2 aliphatic rings. The molecule has 3 aromatic carbocycles. The van der Waals surface area contributed by atoms with E-state index in [1.807, 2.05) is 12.1 Å². The van der Waals surface area contributed by atoms with Crippen molar-refractivity contribution < 1.29 is 27.9 Å². The van der Waals surface area contributed by atoms with Gasteiger partial charge in [-0.1, -0.05) is 19.1 Å². The number of rotatable bonds is 7. The van der Waals surface area contributed by atoms with E-state index in [9.17, 15) is 18.8 Å². The van der Waals surface area contributed by atoms with Crippen molar-refractivity contribution in [1.29, 1.82) is 0 Å². The third kappa shape index (κ3) is 4.24. The van der Waals surface area contributed by atoms with Crippen LogP contribution >= 0.6 is 0 Å². The van der Waals surface area contributed by atoms with Gasteiger partial charge in [-0.05, 0) is 89.9 Å². The molecule has 40 heavy (non-hydrogen) atoms. The van der Waals surface area contributed by atoms with Gasteiger partial charge in [0.1, 0.15) is 17.2 Å². The van der Waals surface area contributed by atoms with E-state index in [0.717, 1.165) is 12.8 Å². The molecule has 2 aliphatic carbocycles. The Labute approximate surface area is 230 Å². The fourth-order valence-electron chi connectivity index (χ4n) is 6.09. The predicted molar refractivity (Wildman–Crippen MR) is 148 cm³/mol. The molecule has 3 atom stereocenters. The van der Waals surface area contributed by atoms with Crippen molar-refractivity contribution in [3.05, 3.63) is 83.2 Å². The maximum absolute atomic E-state index is 13.6. The molecule has 7 nitrogen and oxygen atoms in total. The summed E-state index contributed by atoms with van der Waals surface area (Å²) < 4.78 is 24.7. The molecule has 4 aromatic rings. The Morgan fingerprint density at radius 1 is 1.05 bits per heavy atom. The van der Waals surface area contributed by atoms with Crippen LogP contribution < -0.4 is 10.6 Å². The van der Waals surface area contributed by atoms with Gasteiger partial charge in [0.15, 0.2) is 0 Å². The van der Waals surface area contributed by atoms with Gasteiger partial charge in [0.05, 0.1) is 19.1 Å². The summed E-state index contributed by atoms with van der Waals surface area (Å²) in [5, 5.41) is 6.43. The number of amides is 2. The summed E-state index contributed by atoms with van der Waals surface area (Å²) in [6.07, 6.45) is 2.14. The number of benzene rings is 3. The zero-order valence-electron chi connectivity index (χ0n) is 22.5. The van der Waals surface area contributed by atoms with Gasteiger partial charge in [-0.15, -0.1) is 0 Å². The Balaban J connectivity index is 1.48. The van der Waals surface area contributed by atoms with E-state index < -0.39 is 11.8 Å². The molecule has 2 N–H and O–H groups in total. The van der Waals surface area contributed by atoms with Crippen molar-refractivity contribution in [1.82, 2.24) is 10.6 Å². The number of carbonyl (C=O) groups is 3. The number of hydrogen-bond donors (Lipinski definition) is 2. The molecule has 6 rings (SSSR count). The second-order valence-corrected chi connectivity index (χ2v) is 10.8. The molecule has 0 saturated heterocycles. The Morgan fingerprint density at radius 3 is 2.48 bits per heavy atom. The monoisotopic (exact) mass is 540 g/mol. The summed E-state index contributed by atoms with van der Waals surface area (Å²) in [6, 6.07) is 16.5. The summed E-state index contributed by atoms with van der Waals surface area (Å²) in [5.74, 6) is -0.0103. The molecule has 2 fully saturated rings. The first kappa shape index (κ1) is 25.8. The van der Waals surface area contributed by atoms with Gasteiger partial charge in [0.2, 0.25) is 0 Å². The van der Waals surface area contributed by atoms with E-state index in [2.05, 4.69) is 17.6 Å². The molecule has 1 aromatic heterocycles. The molecule has 0 radical (unpaired) electrons. The van der Waals surface area contributed by atoms with Crippen molar-refractivity contribution in [2.45, 2.75) is 31.7 Å². The number of esters is 1. The van der Waals surface area contributed by atoms with Gasteiger partial charge in [0.25, 0.3) is 11.8 Å². The largest absolute Gasteiger partial charge is 0.469 e. The van der Waals surface area contributed by atoms with Crippen molar-refractivity contribution in [3.63, 3.8) is 0 Å². The van der Waals surface area contributed by atoms with Crippen LogP contribution in [-0.4, -0.2) is 37.5 Å². The summed E-state index contributed by atoms with van der Waals surface area (Å²) in [6.45, 7) is 2.17. The van der Waals surface area contributed by atoms with Crippen molar-refractivity contribution in [3.8, 4) is 22.5 Å². The highest BCUT2D eigenvalue weighted by Gasteiger charge is 2.66. The first-order valence-electron chi connectivity index (χ1n) is 13.3. The minimum atomic E-state index is -0.441. The third-order valence-corrected chi connectivity index (χ3v) is 8.49. The Morgan fingerprint density at radius 2 is 1.82 bits per heavy atom. The Bertz CT molecular complexity index is 1670.